The Morgan fingerprint density at radius 2 is 1.33 bits per heavy atom. The number of rotatable bonds is 5. The number of benzene rings is 3. The van der Waals surface area contributed by atoms with Crippen LogP contribution >= 0.6 is 11.8 Å². The minimum Gasteiger partial charge on any atom is -0.0942 e. The molecular formula is C23H22S. The van der Waals surface area contributed by atoms with Crippen LogP contribution in [0.4, 0.5) is 0 Å². The third-order valence-electron chi connectivity index (χ3n) is 3.90. The first-order valence-corrected chi connectivity index (χ1v) is 9.06. The molecule has 0 atom stereocenters. The maximum Gasteiger partial charge on any atom is 0.0119 e. The Morgan fingerprint density at radius 1 is 0.750 bits per heavy atom. The normalized spacial score (nSPS) is 11.5. The maximum atomic E-state index is 2.30. The molecule has 24 heavy (non-hydrogen) atoms. The first-order chi connectivity index (χ1) is 11.7. The molecule has 0 aliphatic rings. The first-order valence-electron chi connectivity index (χ1n) is 8.25. The van der Waals surface area contributed by atoms with Crippen molar-refractivity contribution in [1.82, 2.24) is 0 Å². The summed E-state index contributed by atoms with van der Waals surface area (Å²) in [4.78, 5) is 2.64. The molecule has 0 fully saturated rings. The molecule has 120 valence electrons. The molecule has 0 aromatic heterocycles. The monoisotopic (exact) mass is 330 g/mol. The highest BCUT2D eigenvalue weighted by Gasteiger charge is 2.04. The summed E-state index contributed by atoms with van der Waals surface area (Å²) < 4.78 is 0. The van der Waals surface area contributed by atoms with Crippen molar-refractivity contribution in [2.45, 2.75) is 25.2 Å². The van der Waals surface area contributed by atoms with E-state index in [4.69, 9.17) is 0 Å². The van der Waals surface area contributed by atoms with Gasteiger partial charge >= 0.3 is 0 Å². The summed E-state index contributed by atoms with van der Waals surface area (Å²) in [5, 5.41) is 0. The molecule has 0 radical (unpaired) electrons. The summed E-state index contributed by atoms with van der Waals surface area (Å²) in [7, 11) is 0. The van der Waals surface area contributed by atoms with E-state index in [2.05, 4.69) is 98.8 Å². The number of hydrogen-bond donors (Lipinski definition) is 0. The highest BCUT2D eigenvalue weighted by atomic mass is 32.2. The van der Waals surface area contributed by atoms with Crippen LogP contribution in [0.15, 0.2) is 88.7 Å². The molecule has 0 aliphatic heterocycles. The Morgan fingerprint density at radius 3 is 1.96 bits per heavy atom. The van der Waals surface area contributed by atoms with Crippen LogP contribution in [-0.2, 0) is 6.42 Å². The van der Waals surface area contributed by atoms with Gasteiger partial charge in [0.15, 0.2) is 0 Å². The topological polar surface area (TPSA) is 0 Å². The van der Waals surface area contributed by atoms with E-state index in [1.807, 2.05) is 11.8 Å². The van der Waals surface area contributed by atoms with Gasteiger partial charge in [-0.25, -0.2) is 0 Å². The lowest BCUT2D eigenvalue weighted by molar-refractivity contribution is 1.24. The summed E-state index contributed by atoms with van der Waals surface area (Å²) in [6.07, 6.45) is 3.25. The molecule has 1 heteroatoms. The Labute approximate surface area is 149 Å². The van der Waals surface area contributed by atoms with Crippen molar-refractivity contribution in [1.29, 1.82) is 0 Å². The van der Waals surface area contributed by atoms with Crippen molar-refractivity contribution < 1.29 is 0 Å². The van der Waals surface area contributed by atoms with Gasteiger partial charge in [0.25, 0.3) is 0 Å². The molecule has 0 saturated carbocycles. The molecule has 0 aliphatic carbocycles. The van der Waals surface area contributed by atoms with Gasteiger partial charge in [-0.2, -0.15) is 0 Å². The van der Waals surface area contributed by atoms with E-state index in [0.717, 1.165) is 6.42 Å². The highest BCUT2D eigenvalue weighted by Crippen LogP contribution is 2.31. The Bertz CT molecular complexity index is 797. The van der Waals surface area contributed by atoms with Crippen molar-refractivity contribution in [2.75, 3.05) is 0 Å². The van der Waals surface area contributed by atoms with Gasteiger partial charge in [-0.1, -0.05) is 89.6 Å². The number of aryl methyl sites for hydroxylation is 2. The minimum atomic E-state index is 0.952. The van der Waals surface area contributed by atoms with Gasteiger partial charge in [0.2, 0.25) is 0 Å². The van der Waals surface area contributed by atoms with E-state index in [0.29, 0.717) is 0 Å². The summed E-state index contributed by atoms with van der Waals surface area (Å²) in [5.74, 6) is 0. The average Bonchev–Trinajstić information content (AvgIpc) is 2.60. The smallest absolute Gasteiger partial charge is 0.0119 e. The van der Waals surface area contributed by atoms with Gasteiger partial charge in [-0.3, -0.25) is 0 Å². The van der Waals surface area contributed by atoms with Crippen molar-refractivity contribution in [2.24, 2.45) is 0 Å². The molecule has 0 spiro atoms. The van der Waals surface area contributed by atoms with Crippen LogP contribution in [0.2, 0.25) is 0 Å². The first kappa shape index (κ1) is 16.6. The summed E-state index contributed by atoms with van der Waals surface area (Å²) in [6.45, 7) is 4.25. The lowest BCUT2D eigenvalue weighted by atomic mass is 10.1. The zero-order chi connectivity index (χ0) is 16.8. The summed E-state index contributed by atoms with van der Waals surface area (Å²) in [5.41, 5.74) is 5.20. The van der Waals surface area contributed by atoms with Crippen LogP contribution in [0, 0.1) is 13.8 Å². The molecule has 0 saturated heterocycles. The van der Waals surface area contributed by atoms with E-state index in [-0.39, 0.29) is 0 Å². The lowest BCUT2D eigenvalue weighted by Crippen LogP contribution is -1.89. The molecule has 0 N–H and O–H groups in total. The van der Waals surface area contributed by atoms with E-state index in [1.54, 1.807) is 0 Å². The predicted octanol–water partition coefficient (Wildman–Crippen LogP) is 6.68. The fraction of sp³-hybridized carbons (Fsp3) is 0.130. The van der Waals surface area contributed by atoms with Gasteiger partial charge in [0, 0.05) is 11.3 Å². The molecule has 0 nitrogen and oxygen atoms in total. The van der Waals surface area contributed by atoms with Crippen LogP contribution in [0.3, 0.4) is 0 Å². The van der Waals surface area contributed by atoms with Crippen LogP contribution < -0.4 is 0 Å². The maximum absolute atomic E-state index is 2.30. The molecule has 0 amide bonds. The van der Waals surface area contributed by atoms with Crippen molar-refractivity contribution in [3.8, 4) is 0 Å². The van der Waals surface area contributed by atoms with Gasteiger partial charge in [-0.05, 0) is 48.1 Å². The lowest BCUT2D eigenvalue weighted by Gasteiger charge is -2.09. The van der Waals surface area contributed by atoms with E-state index in [1.165, 1.54) is 32.1 Å². The number of hydrogen-bond acceptors (Lipinski definition) is 1. The van der Waals surface area contributed by atoms with E-state index < -0.39 is 0 Å². The fourth-order valence-electron chi connectivity index (χ4n) is 2.51. The molecule has 0 bridgehead atoms. The van der Waals surface area contributed by atoms with Gasteiger partial charge < -0.3 is 0 Å². The molecule has 0 heterocycles. The molecule has 0 unspecified atom stereocenters. The average molecular weight is 330 g/mol. The zero-order valence-electron chi connectivity index (χ0n) is 14.2. The second kappa shape index (κ2) is 8.03. The molecule has 3 aromatic rings. The van der Waals surface area contributed by atoms with Crippen molar-refractivity contribution in [3.05, 3.63) is 106 Å². The van der Waals surface area contributed by atoms with Crippen LogP contribution in [-0.4, -0.2) is 0 Å². The Kier molecular flexibility index (Phi) is 5.55. The second-order valence-electron chi connectivity index (χ2n) is 6.10. The SMILES string of the molecule is Cc1ccc(C=C(Cc2ccc(C)cc2)Sc2ccccc2)cc1. The minimum absolute atomic E-state index is 0.952. The second-order valence-corrected chi connectivity index (χ2v) is 7.30. The third kappa shape index (κ3) is 4.87. The third-order valence-corrected chi connectivity index (χ3v) is 4.93. The zero-order valence-corrected chi connectivity index (χ0v) is 15.0. The summed E-state index contributed by atoms with van der Waals surface area (Å²) in [6, 6.07) is 28.1. The molecule has 3 rings (SSSR count). The van der Waals surface area contributed by atoms with Crippen molar-refractivity contribution >= 4 is 17.8 Å². The van der Waals surface area contributed by atoms with Gasteiger partial charge in [0.05, 0.1) is 0 Å². The van der Waals surface area contributed by atoms with Gasteiger partial charge in [-0.15, -0.1) is 0 Å². The van der Waals surface area contributed by atoms with Crippen LogP contribution in [0.1, 0.15) is 22.3 Å². The largest absolute Gasteiger partial charge is 0.0942 e. The Hall–Kier alpha value is -2.25. The van der Waals surface area contributed by atoms with Crippen LogP contribution in [0.5, 0.6) is 0 Å². The van der Waals surface area contributed by atoms with Crippen LogP contribution in [0.25, 0.3) is 6.08 Å². The predicted molar refractivity (Wildman–Crippen MR) is 106 cm³/mol. The Balaban J connectivity index is 1.87. The van der Waals surface area contributed by atoms with E-state index >= 15 is 0 Å². The number of thioether (sulfide) groups is 1. The van der Waals surface area contributed by atoms with E-state index in [9.17, 15) is 0 Å². The fourth-order valence-corrected chi connectivity index (χ4v) is 3.54. The molecular weight excluding hydrogens is 308 g/mol. The molecule has 3 aromatic carbocycles. The number of allylic oxidation sites excluding steroid dienone is 1. The van der Waals surface area contributed by atoms with Gasteiger partial charge in [0.1, 0.15) is 0 Å². The van der Waals surface area contributed by atoms with Crippen molar-refractivity contribution in [3.63, 3.8) is 0 Å². The standard InChI is InChI=1S/C23H22S/c1-18-8-12-20(13-9-18)16-23(24-22-6-4-3-5-7-22)17-21-14-10-19(2)11-15-21/h3-16H,17H2,1-2H3. The summed E-state index contributed by atoms with van der Waals surface area (Å²) >= 11 is 1.85. The highest BCUT2D eigenvalue weighted by molar-refractivity contribution is 8.03. The quantitative estimate of drug-likeness (QED) is 0.470.